The molecule has 178 valence electrons. The van der Waals surface area contributed by atoms with Gasteiger partial charge in [0, 0.05) is 23.5 Å². The van der Waals surface area contributed by atoms with E-state index in [2.05, 4.69) is 41.1 Å². The molecule has 0 aliphatic carbocycles. The van der Waals surface area contributed by atoms with Gasteiger partial charge in [0.25, 0.3) is 5.56 Å². The first-order chi connectivity index (χ1) is 16.6. The Labute approximate surface area is 201 Å². The maximum atomic E-state index is 13.0. The third-order valence-electron chi connectivity index (χ3n) is 5.60. The number of nitrogens with one attached hydrogen (secondary N) is 1. The predicted molar refractivity (Wildman–Crippen MR) is 132 cm³/mol. The summed E-state index contributed by atoms with van der Waals surface area (Å²) in [6.45, 7) is 8.08. The van der Waals surface area contributed by atoms with Crippen molar-refractivity contribution in [2.45, 2.75) is 33.1 Å². The lowest BCUT2D eigenvalue weighted by Crippen LogP contribution is -2.15. The number of nitrogens with zero attached hydrogens (tertiary/aromatic N) is 4. The normalized spacial score (nSPS) is 11.8. The van der Waals surface area contributed by atoms with Gasteiger partial charge in [-0.1, -0.05) is 45.0 Å². The van der Waals surface area contributed by atoms with E-state index in [1.807, 2.05) is 24.3 Å². The van der Waals surface area contributed by atoms with Gasteiger partial charge < -0.3 is 10.2 Å². The van der Waals surface area contributed by atoms with Gasteiger partial charge in [-0.2, -0.15) is 0 Å². The van der Waals surface area contributed by atoms with Crippen LogP contribution in [0, 0.1) is 6.92 Å². The highest BCUT2D eigenvalue weighted by atomic mass is 16.4. The van der Waals surface area contributed by atoms with Gasteiger partial charge in [-0.3, -0.25) is 14.9 Å². The molecule has 0 spiro atoms. The second kappa shape index (κ2) is 9.02. The van der Waals surface area contributed by atoms with Crippen LogP contribution in [0.5, 0.6) is 5.75 Å². The number of phenols is 1. The van der Waals surface area contributed by atoms with Crippen LogP contribution in [0.3, 0.4) is 0 Å². The summed E-state index contributed by atoms with van der Waals surface area (Å²) in [4.78, 5) is 28.2. The van der Waals surface area contributed by atoms with Crippen molar-refractivity contribution in [2.75, 3.05) is 0 Å². The standard InChI is InChI=1S/C26H25N5O4/c1-15-22(24(33)31(30-15)19-10-8-18(9-11-19)26(2,3)4)29-28-21-7-5-6-20(23(21)32)16-12-17(25(34)35)14-27-13-16/h5-14,30,32H,1-4H3,(H,34,35). The predicted octanol–water partition coefficient (Wildman–Crippen LogP) is 5.65. The number of rotatable bonds is 5. The number of para-hydroxylation sites is 1. The second-order valence-electron chi connectivity index (χ2n) is 9.16. The number of hydrogen-bond donors (Lipinski definition) is 3. The summed E-state index contributed by atoms with van der Waals surface area (Å²) in [6.07, 6.45) is 2.67. The number of aromatic carboxylic acids is 1. The highest BCUT2D eigenvalue weighted by Crippen LogP contribution is 2.37. The van der Waals surface area contributed by atoms with Crippen molar-refractivity contribution in [1.29, 1.82) is 0 Å². The van der Waals surface area contributed by atoms with Crippen molar-refractivity contribution in [2.24, 2.45) is 10.2 Å². The minimum Gasteiger partial charge on any atom is -0.505 e. The maximum absolute atomic E-state index is 13.0. The number of carboxylic acid groups (broad SMARTS) is 1. The molecule has 0 aliphatic heterocycles. The van der Waals surface area contributed by atoms with E-state index in [1.165, 1.54) is 23.1 Å². The van der Waals surface area contributed by atoms with E-state index in [0.29, 0.717) is 22.5 Å². The lowest BCUT2D eigenvalue weighted by atomic mass is 9.87. The Morgan fingerprint density at radius 1 is 1.06 bits per heavy atom. The van der Waals surface area contributed by atoms with Crippen molar-refractivity contribution in [3.05, 3.63) is 88.1 Å². The van der Waals surface area contributed by atoms with Crippen LogP contribution in [0.25, 0.3) is 16.8 Å². The number of pyridine rings is 1. The van der Waals surface area contributed by atoms with E-state index in [0.717, 1.165) is 5.56 Å². The average Bonchev–Trinajstić information content (AvgIpc) is 3.11. The maximum Gasteiger partial charge on any atom is 0.337 e. The molecule has 0 atom stereocenters. The fourth-order valence-corrected chi connectivity index (χ4v) is 3.60. The SMILES string of the molecule is Cc1[nH]n(-c2ccc(C(C)(C)C)cc2)c(=O)c1N=Nc1cccc(-c2cncc(C(=O)O)c2)c1O. The molecule has 4 aromatic rings. The Hall–Kier alpha value is -4.53. The summed E-state index contributed by atoms with van der Waals surface area (Å²) in [6, 6.07) is 13.9. The quantitative estimate of drug-likeness (QED) is 0.323. The van der Waals surface area contributed by atoms with E-state index in [4.69, 9.17) is 0 Å². The van der Waals surface area contributed by atoms with Crippen molar-refractivity contribution in [3.8, 4) is 22.6 Å². The highest BCUT2D eigenvalue weighted by Gasteiger charge is 2.16. The first-order valence-corrected chi connectivity index (χ1v) is 10.9. The Kier molecular flexibility index (Phi) is 6.09. The van der Waals surface area contributed by atoms with Gasteiger partial charge in [-0.25, -0.2) is 9.48 Å². The summed E-state index contributed by atoms with van der Waals surface area (Å²) in [5, 5.41) is 31.2. The molecule has 0 saturated heterocycles. The van der Waals surface area contributed by atoms with Gasteiger partial charge in [0.15, 0.2) is 11.4 Å². The van der Waals surface area contributed by atoms with Crippen LogP contribution < -0.4 is 5.56 Å². The van der Waals surface area contributed by atoms with Crippen LogP contribution in [0.2, 0.25) is 0 Å². The third-order valence-corrected chi connectivity index (χ3v) is 5.60. The van der Waals surface area contributed by atoms with Gasteiger partial charge >= 0.3 is 5.97 Å². The molecule has 35 heavy (non-hydrogen) atoms. The van der Waals surface area contributed by atoms with Crippen molar-refractivity contribution in [1.82, 2.24) is 14.8 Å². The number of aromatic hydroxyl groups is 1. The lowest BCUT2D eigenvalue weighted by molar-refractivity contribution is 0.0696. The molecule has 0 aliphatic rings. The number of carboxylic acids is 1. The van der Waals surface area contributed by atoms with Crippen LogP contribution >= 0.6 is 0 Å². The van der Waals surface area contributed by atoms with Gasteiger partial charge in [0.05, 0.1) is 16.9 Å². The smallest absolute Gasteiger partial charge is 0.337 e. The van der Waals surface area contributed by atoms with Crippen LogP contribution in [-0.4, -0.2) is 30.9 Å². The van der Waals surface area contributed by atoms with Crippen LogP contribution in [0.15, 0.2) is 75.9 Å². The first kappa shape index (κ1) is 23.6. The molecule has 0 amide bonds. The molecule has 0 radical (unpaired) electrons. The highest BCUT2D eigenvalue weighted by molar-refractivity contribution is 5.89. The topological polar surface area (TPSA) is 133 Å². The molecular weight excluding hydrogens is 446 g/mol. The van der Waals surface area contributed by atoms with Gasteiger partial charge in [-0.05, 0) is 42.2 Å². The zero-order chi connectivity index (χ0) is 25.3. The van der Waals surface area contributed by atoms with Crippen molar-refractivity contribution >= 4 is 17.3 Å². The van der Waals surface area contributed by atoms with Gasteiger partial charge in [0.2, 0.25) is 0 Å². The molecule has 9 heteroatoms. The molecule has 0 bridgehead atoms. The van der Waals surface area contributed by atoms with Crippen LogP contribution in [0.4, 0.5) is 11.4 Å². The first-order valence-electron chi connectivity index (χ1n) is 10.9. The Bertz CT molecular complexity index is 1490. The molecule has 0 saturated carbocycles. The number of aryl methyl sites for hydroxylation is 1. The molecule has 2 heterocycles. The summed E-state index contributed by atoms with van der Waals surface area (Å²) in [5.74, 6) is -1.33. The minimum atomic E-state index is -1.12. The molecule has 4 rings (SSSR count). The van der Waals surface area contributed by atoms with E-state index < -0.39 is 5.97 Å². The zero-order valence-electron chi connectivity index (χ0n) is 19.8. The van der Waals surface area contributed by atoms with E-state index >= 15 is 0 Å². The van der Waals surface area contributed by atoms with E-state index in [1.54, 1.807) is 25.1 Å². The number of hydrogen-bond acceptors (Lipinski definition) is 6. The molecule has 9 nitrogen and oxygen atoms in total. The Morgan fingerprint density at radius 2 is 1.77 bits per heavy atom. The number of aromatic amines is 1. The number of phenolic OH excluding ortho intramolecular Hbond substituents is 1. The molecule has 2 aromatic heterocycles. The average molecular weight is 472 g/mol. The largest absolute Gasteiger partial charge is 0.505 e. The summed E-state index contributed by atoms with van der Waals surface area (Å²) >= 11 is 0. The van der Waals surface area contributed by atoms with Crippen LogP contribution in [0.1, 0.15) is 42.4 Å². The fraction of sp³-hybridized carbons (Fsp3) is 0.192. The van der Waals surface area contributed by atoms with E-state index in [-0.39, 0.29) is 33.7 Å². The Morgan fingerprint density at radius 3 is 2.43 bits per heavy atom. The number of aromatic nitrogens is 3. The second-order valence-corrected chi connectivity index (χ2v) is 9.16. The number of carbonyl (C=O) groups is 1. The fourth-order valence-electron chi connectivity index (χ4n) is 3.60. The van der Waals surface area contributed by atoms with Gasteiger partial charge in [0.1, 0.15) is 5.69 Å². The van der Waals surface area contributed by atoms with Gasteiger partial charge in [-0.15, -0.1) is 10.2 Å². The molecule has 0 fully saturated rings. The Balaban J connectivity index is 1.67. The number of benzene rings is 2. The lowest BCUT2D eigenvalue weighted by Gasteiger charge is -2.19. The van der Waals surface area contributed by atoms with Crippen molar-refractivity contribution in [3.63, 3.8) is 0 Å². The minimum absolute atomic E-state index is 0.00391. The third kappa shape index (κ3) is 4.74. The monoisotopic (exact) mass is 471 g/mol. The van der Waals surface area contributed by atoms with Crippen molar-refractivity contribution < 1.29 is 15.0 Å². The van der Waals surface area contributed by atoms with E-state index in [9.17, 15) is 19.8 Å². The van der Waals surface area contributed by atoms with Crippen LogP contribution in [-0.2, 0) is 5.41 Å². The number of azo groups is 1. The molecule has 3 N–H and O–H groups in total. The summed E-state index contributed by atoms with van der Waals surface area (Å²) < 4.78 is 1.40. The molecule has 0 unspecified atom stereocenters. The summed E-state index contributed by atoms with van der Waals surface area (Å²) in [5.41, 5.74) is 2.96. The molecular formula is C26H25N5O4. The zero-order valence-corrected chi connectivity index (χ0v) is 19.8. The number of H-pyrrole nitrogens is 1. The molecule has 2 aromatic carbocycles. The summed E-state index contributed by atoms with van der Waals surface area (Å²) in [7, 11) is 0.